The van der Waals surface area contributed by atoms with Crippen LogP contribution < -0.4 is 4.72 Å². The molecule has 1 aliphatic carbocycles. The number of nitrogens with one attached hydrogen (secondary N) is 1. The first-order valence-corrected chi connectivity index (χ1v) is 11.1. The van der Waals surface area contributed by atoms with Crippen molar-refractivity contribution >= 4 is 10.0 Å². The lowest BCUT2D eigenvalue weighted by Gasteiger charge is -2.19. The van der Waals surface area contributed by atoms with E-state index >= 15 is 0 Å². The lowest BCUT2D eigenvalue weighted by molar-refractivity contribution is -0.141. The second kappa shape index (κ2) is 7.75. The molecule has 1 aromatic carbocycles. The molecule has 160 valence electrons. The summed E-state index contributed by atoms with van der Waals surface area (Å²) in [7, 11) is -3.67. The molecule has 1 heterocycles. The molecule has 29 heavy (non-hydrogen) atoms. The minimum atomic E-state index is -4.48. The number of benzene rings is 1. The van der Waals surface area contributed by atoms with Crippen molar-refractivity contribution in [3.8, 4) is 0 Å². The molecule has 0 bridgehead atoms. The molecule has 1 aliphatic rings. The van der Waals surface area contributed by atoms with Gasteiger partial charge >= 0.3 is 6.18 Å². The van der Waals surface area contributed by atoms with Crippen LogP contribution in [0.1, 0.15) is 62.9 Å². The molecule has 9 heteroatoms. The van der Waals surface area contributed by atoms with E-state index in [-0.39, 0.29) is 29.3 Å². The summed E-state index contributed by atoms with van der Waals surface area (Å²) in [5.41, 5.74) is 0.647. The van der Waals surface area contributed by atoms with E-state index in [2.05, 4.69) is 9.82 Å². The number of aromatic nitrogens is 2. The van der Waals surface area contributed by atoms with E-state index in [4.69, 9.17) is 0 Å². The Hall–Kier alpha value is -1.87. The second-order valence-corrected chi connectivity index (χ2v) is 10.2. The fourth-order valence-electron chi connectivity index (χ4n) is 3.11. The Labute approximate surface area is 169 Å². The average molecular weight is 430 g/mol. The van der Waals surface area contributed by atoms with Crippen molar-refractivity contribution in [1.82, 2.24) is 14.5 Å². The van der Waals surface area contributed by atoms with E-state index in [9.17, 15) is 21.6 Å². The van der Waals surface area contributed by atoms with Crippen molar-refractivity contribution < 1.29 is 21.6 Å². The first-order chi connectivity index (χ1) is 13.4. The summed E-state index contributed by atoms with van der Waals surface area (Å²) in [6.07, 6.45) is -2.41. The van der Waals surface area contributed by atoms with Gasteiger partial charge < -0.3 is 0 Å². The summed E-state index contributed by atoms with van der Waals surface area (Å²) < 4.78 is 67.6. The molecule has 0 aliphatic heterocycles. The van der Waals surface area contributed by atoms with Gasteiger partial charge in [0.2, 0.25) is 10.0 Å². The first kappa shape index (κ1) is 21.8. The van der Waals surface area contributed by atoms with Crippen LogP contribution in [-0.2, 0) is 28.2 Å². The normalized spacial score (nSPS) is 15.7. The van der Waals surface area contributed by atoms with Crippen molar-refractivity contribution in [2.45, 2.75) is 69.0 Å². The van der Waals surface area contributed by atoms with E-state index in [1.807, 2.05) is 20.8 Å². The maximum absolute atomic E-state index is 12.9. The Kier molecular flexibility index (Phi) is 5.84. The molecule has 1 N–H and O–H groups in total. The molecule has 1 saturated carbocycles. The zero-order valence-corrected chi connectivity index (χ0v) is 17.6. The average Bonchev–Trinajstić information content (AvgIpc) is 3.36. The SMILES string of the molecule is CC(C)(C)c1ccc(S(=O)(=O)NCCCn2nc(C(F)(F)F)cc2C2CC2)cc1. The second-order valence-electron chi connectivity index (χ2n) is 8.48. The molecule has 0 unspecified atom stereocenters. The lowest BCUT2D eigenvalue weighted by Crippen LogP contribution is -2.26. The van der Waals surface area contributed by atoms with Gasteiger partial charge in [0.05, 0.1) is 4.90 Å². The summed E-state index contributed by atoms with van der Waals surface area (Å²) >= 11 is 0. The van der Waals surface area contributed by atoms with Gasteiger partial charge in [-0.3, -0.25) is 4.68 Å². The van der Waals surface area contributed by atoms with E-state index < -0.39 is 21.9 Å². The predicted octanol–water partition coefficient (Wildman–Crippen LogP) is 4.45. The maximum Gasteiger partial charge on any atom is 0.435 e. The van der Waals surface area contributed by atoms with Crippen LogP contribution in [0.25, 0.3) is 0 Å². The highest BCUT2D eigenvalue weighted by Gasteiger charge is 2.37. The van der Waals surface area contributed by atoms with Gasteiger partial charge in [-0.1, -0.05) is 32.9 Å². The third-order valence-electron chi connectivity index (χ3n) is 4.97. The van der Waals surface area contributed by atoms with E-state index in [1.54, 1.807) is 24.3 Å². The number of rotatable bonds is 7. The molecule has 0 radical (unpaired) electrons. The van der Waals surface area contributed by atoms with Crippen molar-refractivity contribution in [3.05, 3.63) is 47.3 Å². The van der Waals surface area contributed by atoms with Crippen molar-refractivity contribution in [1.29, 1.82) is 0 Å². The molecule has 0 saturated heterocycles. The number of sulfonamides is 1. The zero-order chi connectivity index (χ0) is 21.4. The van der Waals surface area contributed by atoms with E-state index in [1.165, 1.54) is 4.68 Å². The summed E-state index contributed by atoms with van der Waals surface area (Å²) in [5.74, 6) is 0.122. The summed E-state index contributed by atoms with van der Waals surface area (Å²) in [4.78, 5) is 0.169. The van der Waals surface area contributed by atoms with Gasteiger partial charge in [0.25, 0.3) is 0 Å². The van der Waals surface area contributed by atoms with Crippen molar-refractivity contribution in [2.24, 2.45) is 0 Å². The molecular formula is C20H26F3N3O2S. The van der Waals surface area contributed by atoms with Crippen molar-refractivity contribution in [2.75, 3.05) is 6.54 Å². The highest BCUT2D eigenvalue weighted by Crippen LogP contribution is 2.42. The van der Waals surface area contributed by atoms with Crippen LogP contribution in [0.15, 0.2) is 35.2 Å². The Morgan fingerprint density at radius 3 is 2.28 bits per heavy atom. The molecule has 0 amide bonds. The van der Waals surface area contributed by atoms with Gasteiger partial charge in [-0.05, 0) is 48.4 Å². The van der Waals surface area contributed by atoms with E-state index in [0.29, 0.717) is 12.1 Å². The molecule has 0 atom stereocenters. The smallest absolute Gasteiger partial charge is 0.269 e. The minimum Gasteiger partial charge on any atom is -0.269 e. The first-order valence-electron chi connectivity index (χ1n) is 9.63. The van der Waals surface area contributed by atoms with Crippen LogP contribution in [0.2, 0.25) is 0 Å². The van der Waals surface area contributed by atoms with Crippen LogP contribution in [0.3, 0.4) is 0 Å². The fraction of sp³-hybridized carbons (Fsp3) is 0.550. The van der Waals surface area contributed by atoms with Gasteiger partial charge in [0.1, 0.15) is 0 Å². The number of hydrogen-bond acceptors (Lipinski definition) is 3. The monoisotopic (exact) mass is 429 g/mol. The minimum absolute atomic E-state index is 0.0754. The predicted molar refractivity (Wildman–Crippen MR) is 104 cm³/mol. The largest absolute Gasteiger partial charge is 0.435 e. The maximum atomic E-state index is 12.9. The Balaban J connectivity index is 1.59. The van der Waals surface area contributed by atoms with Gasteiger partial charge in [0, 0.05) is 24.7 Å². The Morgan fingerprint density at radius 2 is 1.76 bits per heavy atom. The van der Waals surface area contributed by atoms with Gasteiger partial charge in [-0.15, -0.1) is 0 Å². The lowest BCUT2D eigenvalue weighted by atomic mass is 9.87. The van der Waals surface area contributed by atoms with Crippen LogP contribution >= 0.6 is 0 Å². The number of aryl methyl sites for hydroxylation is 1. The fourth-order valence-corrected chi connectivity index (χ4v) is 4.18. The standard InChI is InChI=1S/C20H26F3N3O2S/c1-19(2,3)15-7-9-16(10-8-15)29(27,28)24-11-4-12-26-17(14-5-6-14)13-18(25-26)20(21,22)23/h7-10,13-14,24H,4-6,11-12H2,1-3H3. The molecule has 0 spiro atoms. The van der Waals surface area contributed by atoms with Crippen LogP contribution in [0.5, 0.6) is 0 Å². The molecule has 5 nitrogen and oxygen atoms in total. The van der Waals surface area contributed by atoms with Crippen molar-refractivity contribution in [3.63, 3.8) is 0 Å². The number of alkyl halides is 3. The summed E-state index contributed by atoms with van der Waals surface area (Å²) in [6, 6.07) is 7.82. The highest BCUT2D eigenvalue weighted by molar-refractivity contribution is 7.89. The zero-order valence-electron chi connectivity index (χ0n) is 16.8. The van der Waals surface area contributed by atoms with Gasteiger partial charge in [-0.25, -0.2) is 13.1 Å². The third kappa shape index (κ3) is 5.39. The van der Waals surface area contributed by atoms with Gasteiger partial charge in [-0.2, -0.15) is 18.3 Å². The Bertz CT molecular complexity index is 954. The van der Waals surface area contributed by atoms with E-state index in [0.717, 1.165) is 24.5 Å². The third-order valence-corrected chi connectivity index (χ3v) is 6.44. The number of halogens is 3. The summed E-state index contributed by atoms with van der Waals surface area (Å²) in [6.45, 7) is 6.49. The molecular weight excluding hydrogens is 403 g/mol. The molecule has 1 aromatic heterocycles. The summed E-state index contributed by atoms with van der Waals surface area (Å²) in [5, 5.41) is 3.68. The van der Waals surface area contributed by atoms with Crippen LogP contribution in [0, 0.1) is 0 Å². The Morgan fingerprint density at radius 1 is 1.14 bits per heavy atom. The highest BCUT2D eigenvalue weighted by atomic mass is 32.2. The van der Waals surface area contributed by atoms with Crippen LogP contribution in [0.4, 0.5) is 13.2 Å². The molecule has 3 rings (SSSR count). The van der Waals surface area contributed by atoms with Gasteiger partial charge in [0.15, 0.2) is 5.69 Å². The quantitative estimate of drug-likeness (QED) is 0.662. The molecule has 1 fully saturated rings. The number of nitrogens with zero attached hydrogens (tertiary/aromatic N) is 2. The molecule has 2 aromatic rings. The topological polar surface area (TPSA) is 64.0 Å². The van der Waals surface area contributed by atoms with Crippen LogP contribution in [-0.4, -0.2) is 24.7 Å². The number of hydrogen-bond donors (Lipinski definition) is 1.